The molecule has 0 radical (unpaired) electrons. The van der Waals surface area contributed by atoms with E-state index in [1.165, 1.54) is 24.5 Å². The average molecular weight is 385 g/mol. The quantitative estimate of drug-likeness (QED) is 0.797. The molecule has 4 fully saturated rings. The second-order valence-electron chi connectivity index (χ2n) is 8.61. The third-order valence-corrected chi connectivity index (χ3v) is 7.55. The molecule has 27 heavy (non-hydrogen) atoms. The van der Waals surface area contributed by atoms with Crippen molar-refractivity contribution in [3.63, 3.8) is 0 Å². The second kappa shape index (κ2) is 6.29. The minimum absolute atomic E-state index is 0.0781. The molecule has 0 aromatic carbocycles. The SMILES string of the molecule is CC(Sc1ccccn1)C(=O)NC12CC3CC(C1)CC(n1ncnn1)(C3)C2. The molecule has 6 rings (SSSR count). The fraction of sp³-hybridized carbons (Fsp3) is 0.632. The summed E-state index contributed by atoms with van der Waals surface area (Å²) in [5, 5.41) is 16.7. The standard InChI is InChI=1S/C19H24N6OS/c1-13(27-16-4-2-3-5-20-16)17(26)23-18-7-14-6-15(8-18)10-19(9-14,11-18)25-22-12-21-24-25/h2-5,12-15H,6-11H2,1H3,(H,23,26). The molecule has 4 aliphatic carbocycles. The number of amides is 1. The van der Waals surface area contributed by atoms with Crippen molar-refractivity contribution in [3.05, 3.63) is 30.7 Å². The molecule has 3 unspecified atom stereocenters. The summed E-state index contributed by atoms with van der Waals surface area (Å²) in [6.45, 7) is 1.96. The Kier molecular flexibility index (Phi) is 4.00. The van der Waals surface area contributed by atoms with Crippen LogP contribution in [-0.4, -0.2) is 41.9 Å². The molecular weight excluding hydrogens is 360 g/mol. The number of rotatable bonds is 5. The van der Waals surface area contributed by atoms with E-state index in [-0.39, 0.29) is 22.2 Å². The molecule has 4 bridgehead atoms. The van der Waals surface area contributed by atoms with Gasteiger partial charge in [-0.05, 0) is 74.6 Å². The summed E-state index contributed by atoms with van der Waals surface area (Å²) in [5.74, 6) is 1.38. The Hall–Kier alpha value is -1.96. The largest absolute Gasteiger partial charge is 0.350 e. The molecular formula is C19H24N6OS. The number of nitrogens with zero attached hydrogens (tertiary/aromatic N) is 5. The Morgan fingerprint density at radius 1 is 1.30 bits per heavy atom. The van der Waals surface area contributed by atoms with E-state index < -0.39 is 0 Å². The number of hydrogen-bond acceptors (Lipinski definition) is 6. The second-order valence-corrected chi connectivity index (χ2v) is 9.97. The molecule has 2 heterocycles. The van der Waals surface area contributed by atoms with Gasteiger partial charge in [0, 0.05) is 11.7 Å². The number of pyridine rings is 1. The summed E-state index contributed by atoms with van der Waals surface area (Å²) in [7, 11) is 0. The van der Waals surface area contributed by atoms with E-state index in [0.29, 0.717) is 11.8 Å². The number of aromatic nitrogens is 5. The highest BCUT2D eigenvalue weighted by Crippen LogP contribution is 2.60. The van der Waals surface area contributed by atoms with Gasteiger partial charge in [0.25, 0.3) is 0 Å². The molecule has 7 nitrogen and oxygen atoms in total. The molecule has 2 aromatic heterocycles. The zero-order valence-electron chi connectivity index (χ0n) is 15.4. The van der Waals surface area contributed by atoms with Gasteiger partial charge in [-0.2, -0.15) is 4.80 Å². The molecule has 1 amide bonds. The minimum Gasteiger partial charge on any atom is -0.350 e. The smallest absolute Gasteiger partial charge is 0.233 e. The van der Waals surface area contributed by atoms with Gasteiger partial charge in [-0.1, -0.05) is 17.8 Å². The number of tetrazole rings is 1. The fourth-order valence-corrected chi connectivity index (χ4v) is 6.80. The molecule has 4 saturated carbocycles. The lowest BCUT2D eigenvalue weighted by molar-refractivity contribution is -0.130. The predicted molar refractivity (Wildman–Crippen MR) is 101 cm³/mol. The van der Waals surface area contributed by atoms with Gasteiger partial charge in [-0.15, -0.1) is 10.2 Å². The Balaban J connectivity index is 1.34. The molecule has 8 heteroatoms. The normalized spacial score (nSPS) is 35.1. The van der Waals surface area contributed by atoms with Gasteiger partial charge in [0.05, 0.1) is 15.8 Å². The van der Waals surface area contributed by atoms with E-state index in [4.69, 9.17) is 0 Å². The van der Waals surface area contributed by atoms with Crippen LogP contribution in [0.2, 0.25) is 0 Å². The lowest BCUT2D eigenvalue weighted by Gasteiger charge is -2.61. The van der Waals surface area contributed by atoms with Crippen molar-refractivity contribution in [1.82, 2.24) is 30.5 Å². The van der Waals surface area contributed by atoms with E-state index in [0.717, 1.165) is 37.1 Å². The van der Waals surface area contributed by atoms with Crippen molar-refractivity contribution in [2.24, 2.45) is 11.8 Å². The van der Waals surface area contributed by atoms with Crippen LogP contribution in [0.4, 0.5) is 0 Å². The maximum absolute atomic E-state index is 13.0. The van der Waals surface area contributed by atoms with Gasteiger partial charge >= 0.3 is 0 Å². The lowest BCUT2D eigenvalue weighted by atomic mass is 9.50. The van der Waals surface area contributed by atoms with E-state index in [1.807, 2.05) is 29.9 Å². The zero-order valence-corrected chi connectivity index (χ0v) is 16.2. The molecule has 1 N–H and O–H groups in total. The van der Waals surface area contributed by atoms with E-state index in [9.17, 15) is 4.79 Å². The molecule has 142 valence electrons. The minimum atomic E-state index is -0.173. The number of carbonyl (C=O) groups is 1. The summed E-state index contributed by atoms with van der Waals surface area (Å²) in [6.07, 6.45) is 9.84. The van der Waals surface area contributed by atoms with Crippen LogP contribution >= 0.6 is 11.8 Å². The third-order valence-electron chi connectivity index (χ3n) is 6.50. The summed E-state index contributed by atoms with van der Waals surface area (Å²) in [6, 6.07) is 5.79. The monoisotopic (exact) mass is 384 g/mol. The van der Waals surface area contributed by atoms with Gasteiger partial charge in [0.2, 0.25) is 5.91 Å². The number of hydrogen-bond donors (Lipinski definition) is 1. The molecule has 3 atom stereocenters. The van der Waals surface area contributed by atoms with Crippen LogP contribution in [0.1, 0.15) is 45.4 Å². The Bertz CT molecular complexity index is 812. The maximum Gasteiger partial charge on any atom is 0.233 e. The Labute approximate surface area is 162 Å². The van der Waals surface area contributed by atoms with Crippen LogP contribution < -0.4 is 5.32 Å². The van der Waals surface area contributed by atoms with Crippen molar-refractivity contribution >= 4 is 17.7 Å². The van der Waals surface area contributed by atoms with Gasteiger partial charge in [0.1, 0.15) is 0 Å². The number of thioether (sulfide) groups is 1. The first-order chi connectivity index (χ1) is 13.1. The first-order valence-electron chi connectivity index (χ1n) is 9.69. The lowest BCUT2D eigenvalue weighted by Crippen LogP contribution is -2.66. The average Bonchev–Trinajstić information content (AvgIpc) is 3.16. The summed E-state index contributed by atoms with van der Waals surface area (Å²) >= 11 is 1.51. The van der Waals surface area contributed by atoms with Crippen LogP contribution in [0.5, 0.6) is 0 Å². The first kappa shape index (κ1) is 17.2. The van der Waals surface area contributed by atoms with Gasteiger partial charge in [0.15, 0.2) is 6.33 Å². The third kappa shape index (κ3) is 3.03. The molecule has 0 spiro atoms. The van der Waals surface area contributed by atoms with Crippen molar-refractivity contribution in [2.75, 3.05) is 0 Å². The topological polar surface area (TPSA) is 85.6 Å². The van der Waals surface area contributed by atoms with Crippen LogP contribution in [0.3, 0.4) is 0 Å². The van der Waals surface area contributed by atoms with E-state index in [2.05, 4.69) is 25.7 Å². The summed E-state index contributed by atoms with van der Waals surface area (Å²) in [5.41, 5.74) is -0.209. The maximum atomic E-state index is 13.0. The van der Waals surface area contributed by atoms with Crippen LogP contribution in [0.25, 0.3) is 0 Å². The van der Waals surface area contributed by atoms with Gasteiger partial charge in [-0.3, -0.25) is 4.79 Å². The molecule has 0 aliphatic heterocycles. The van der Waals surface area contributed by atoms with Crippen molar-refractivity contribution in [3.8, 4) is 0 Å². The van der Waals surface area contributed by atoms with E-state index in [1.54, 1.807) is 6.20 Å². The summed E-state index contributed by atoms with van der Waals surface area (Å²) in [4.78, 5) is 19.2. The highest BCUT2D eigenvalue weighted by atomic mass is 32.2. The van der Waals surface area contributed by atoms with Crippen molar-refractivity contribution < 1.29 is 4.79 Å². The Morgan fingerprint density at radius 2 is 2.11 bits per heavy atom. The van der Waals surface area contributed by atoms with Crippen molar-refractivity contribution in [1.29, 1.82) is 0 Å². The predicted octanol–water partition coefficient (Wildman–Crippen LogP) is 2.41. The van der Waals surface area contributed by atoms with Gasteiger partial charge < -0.3 is 5.32 Å². The Morgan fingerprint density at radius 3 is 2.78 bits per heavy atom. The zero-order chi connectivity index (χ0) is 18.5. The van der Waals surface area contributed by atoms with Crippen LogP contribution in [0.15, 0.2) is 35.7 Å². The number of nitrogens with one attached hydrogen (secondary N) is 1. The molecule has 4 aliphatic rings. The van der Waals surface area contributed by atoms with Crippen LogP contribution in [-0.2, 0) is 10.3 Å². The van der Waals surface area contributed by atoms with Crippen LogP contribution in [0, 0.1) is 11.8 Å². The number of carbonyl (C=O) groups excluding carboxylic acids is 1. The van der Waals surface area contributed by atoms with Gasteiger partial charge in [-0.25, -0.2) is 4.98 Å². The van der Waals surface area contributed by atoms with E-state index >= 15 is 0 Å². The molecule has 0 saturated heterocycles. The van der Waals surface area contributed by atoms with Crippen molar-refractivity contribution in [2.45, 2.75) is 66.8 Å². The summed E-state index contributed by atoms with van der Waals surface area (Å²) < 4.78 is 0. The highest BCUT2D eigenvalue weighted by Gasteiger charge is 2.60. The first-order valence-corrected chi connectivity index (χ1v) is 10.6. The molecule has 2 aromatic rings. The fourth-order valence-electron chi connectivity index (χ4n) is 5.99. The highest BCUT2D eigenvalue weighted by molar-refractivity contribution is 8.00.